The Morgan fingerprint density at radius 1 is 1.37 bits per heavy atom. The second kappa shape index (κ2) is 6.21. The molecule has 2 aromatic rings. The first-order valence-corrected chi connectivity index (χ1v) is 7.33. The summed E-state index contributed by atoms with van der Waals surface area (Å²) in [6.07, 6.45) is 2.65. The molecule has 2 atom stereocenters. The second-order valence-corrected chi connectivity index (χ2v) is 5.80. The van der Waals surface area contributed by atoms with Gasteiger partial charge in [-0.05, 0) is 24.5 Å². The van der Waals surface area contributed by atoms with E-state index in [1.54, 1.807) is 18.1 Å². The number of aryl methyl sites for hydroxylation is 2. The van der Waals surface area contributed by atoms with E-state index in [0.717, 1.165) is 11.6 Å². The summed E-state index contributed by atoms with van der Waals surface area (Å²) in [6, 6.07) is 8.50. The van der Waals surface area contributed by atoms with E-state index in [4.69, 9.17) is 5.73 Å². The Kier molecular flexibility index (Phi) is 4.61. The van der Waals surface area contributed by atoms with E-state index >= 15 is 0 Å². The van der Waals surface area contributed by atoms with Crippen molar-refractivity contribution in [2.24, 2.45) is 12.8 Å². The van der Waals surface area contributed by atoms with Crippen molar-refractivity contribution >= 4 is 11.8 Å². The van der Waals surface area contributed by atoms with Gasteiger partial charge in [0.15, 0.2) is 5.16 Å². The van der Waals surface area contributed by atoms with E-state index in [2.05, 4.69) is 48.3 Å². The molecule has 0 spiro atoms. The minimum absolute atomic E-state index is 0.0998. The van der Waals surface area contributed by atoms with Gasteiger partial charge in [-0.25, -0.2) is 0 Å². The lowest BCUT2D eigenvalue weighted by atomic mass is 10.00. The van der Waals surface area contributed by atoms with Crippen molar-refractivity contribution < 1.29 is 0 Å². The van der Waals surface area contributed by atoms with Crippen molar-refractivity contribution in [1.82, 2.24) is 14.8 Å². The van der Waals surface area contributed by atoms with Gasteiger partial charge in [0.05, 0.1) is 5.25 Å². The number of hydrogen-bond donors (Lipinski definition) is 1. The maximum atomic E-state index is 6.31. The molecule has 0 aliphatic heterocycles. The number of benzene rings is 1. The Balaban J connectivity index is 2.32. The highest BCUT2D eigenvalue weighted by Gasteiger charge is 2.23. The van der Waals surface area contributed by atoms with Crippen molar-refractivity contribution in [3.63, 3.8) is 0 Å². The lowest BCUT2D eigenvalue weighted by molar-refractivity contribution is 0.628. The molecule has 1 heterocycles. The Morgan fingerprint density at radius 3 is 2.68 bits per heavy atom. The summed E-state index contributed by atoms with van der Waals surface area (Å²) in [5, 5.41) is 9.18. The fourth-order valence-corrected chi connectivity index (χ4v) is 3.29. The molecule has 1 aromatic heterocycles. The van der Waals surface area contributed by atoms with Crippen LogP contribution in [0.3, 0.4) is 0 Å². The van der Waals surface area contributed by atoms with Crippen LogP contribution in [0.15, 0.2) is 35.7 Å². The van der Waals surface area contributed by atoms with E-state index in [-0.39, 0.29) is 11.3 Å². The molecule has 0 saturated heterocycles. The Hall–Kier alpha value is -1.33. The Morgan fingerprint density at radius 2 is 2.11 bits per heavy atom. The van der Waals surface area contributed by atoms with E-state index in [9.17, 15) is 0 Å². The number of aromatic nitrogens is 3. The van der Waals surface area contributed by atoms with Gasteiger partial charge in [-0.3, -0.25) is 0 Å². The topological polar surface area (TPSA) is 56.7 Å². The van der Waals surface area contributed by atoms with Gasteiger partial charge in [0.25, 0.3) is 0 Å². The first-order valence-electron chi connectivity index (χ1n) is 6.45. The van der Waals surface area contributed by atoms with Crippen molar-refractivity contribution in [1.29, 1.82) is 0 Å². The highest BCUT2D eigenvalue weighted by Crippen LogP contribution is 2.38. The van der Waals surface area contributed by atoms with E-state index in [1.165, 1.54) is 11.1 Å². The van der Waals surface area contributed by atoms with Crippen molar-refractivity contribution in [2.45, 2.75) is 36.7 Å². The average molecular weight is 276 g/mol. The van der Waals surface area contributed by atoms with Gasteiger partial charge < -0.3 is 10.3 Å². The van der Waals surface area contributed by atoms with Crippen LogP contribution in [0.1, 0.15) is 29.7 Å². The van der Waals surface area contributed by atoms with Crippen molar-refractivity contribution in [3.05, 3.63) is 41.7 Å². The van der Waals surface area contributed by atoms with Crippen molar-refractivity contribution in [2.75, 3.05) is 0 Å². The fraction of sp³-hybridized carbons (Fsp3) is 0.429. The summed E-state index contributed by atoms with van der Waals surface area (Å²) in [5.41, 5.74) is 8.86. The van der Waals surface area contributed by atoms with Crippen LogP contribution in [0.4, 0.5) is 0 Å². The minimum atomic E-state index is 0.0998. The van der Waals surface area contributed by atoms with Gasteiger partial charge in [0.2, 0.25) is 0 Å². The summed E-state index contributed by atoms with van der Waals surface area (Å²) in [5.74, 6) is 0. The molecule has 0 aliphatic rings. The highest BCUT2D eigenvalue weighted by atomic mass is 32.2. The molecule has 2 rings (SSSR count). The van der Waals surface area contributed by atoms with Gasteiger partial charge in [0, 0.05) is 13.1 Å². The van der Waals surface area contributed by atoms with Crippen LogP contribution < -0.4 is 5.73 Å². The van der Waals surface area contributed by atoms with Crippen LogP contribution in [0.2, 0.25) is 0 Å². The fourth-order valence-electron chi connectivity index (χ4n) is 1.99. The smallest absolute Gasteiger partial charge is 0.191 e. The largest absolute Gasteiger partial charge is 0.326 e. The number of hydrogen-bond acceptors (Lipinski definition) is 4. The first-order chi connectivity index (χ1) is 9.13. The SMILES string of the molecule is CCC(N)C(Sc1nncn1C)c1ccccc1C. The zero-order valence-electron chi connectivity index (χ0n) is 11.6. The third kappa shape index (κ3) is 3.16. The first kappa shape index (κ1) is 14.1. The molecule has 4 nitrogen and oxygen atoms in total. The van der Waals surface area contributed by atoms with Crippen LogP contribution in [0.5, 0.6) is 0 Å². The number of rotatable bonds is 5. The summed E-state index contributed by atoms with van der Waals surface area (Å²) < 4.78 is 1.93. The van der Waals surface area contributed by atoms with E-state index in [1.807, 2.05) is 11.6 Å². The molecule has 0 saturated carbocycles. The zero-order valence-corrected chi connectivity index (χ0v) is 12.4. The normalized spacial score (nSPS) is 14.3. The lowest BCUT2D eigenvalue weighted by Crippen LogP contribution is -2.26. The molecular weight excluding hydrogens is 256 g/mol. The molecule has 19 heavy (non-hydrogen) atoms. The highest BCUT2D eigenvalue weighted by molar-refractivity contribution is 7.99. The summed E-state index contributed by atoms with van der Waals surface area (Å²) in [4.78, 5) is 0. The number of nitrogens with zero attached hydrogens (tertiary/aromatic N) is 3. The lowest BCUT2D eigenvalue weighted by Gasteiger charge is -2.23. The summed E-state index contributed by atoms with van der Waals surface area (Å²) in [7, 11) is 1.95. The molecule has 0 bridgehead atoms. The second-order valence-electron chi connectivity index (χ2n) is 4.69. The van der Waals surface area contributed by atoms with E-state index < -0.39 is 0 Å². The van der Waals surface area contributed by atoms with Gasteiger partial charge in [-0.2, -0.15) is 0 Å². The molecule has 0 radical (unpaired) electrons. The quantitative estimate of drug-likeness (QED) is 0.853. The zero-order chi connectivity index (χ0) is 13.8. The van der Waals surface area contributed by atoms with Gasteiger partial charge in [-0.15, -0.1) is 10.2 Å². The van der Waals surface area contributed by atoms with Gasteiger partial charge in [0.1, 0.15) is 6.33 Å². The molecule has 1 aromatic carbocycles. The maximum Gasteiger partial charge on any atom is 0.191 e. The van der Waals surface area contributed by atoms with Crippen LogP contribution in [-0.2, 0) is 7.05 Å². The molecule has 102 valence electrons. The minimum Gasteiger partial charge on any atom is -0.326 e. The third-order valence-electron chi connectivity index (χ3n) is 3.26. The molecule has 0 amide bonds. The van der Waals surface area contributed by atoms with Crippen LogP contribution >= 0.6 is 11.8 Å². The van der Waals surface area contributed by atoms with Gasteiger partial charge >= 0.3 is 0 Å². The third-order valence-corrected chi connectivity index (χ3v) is 4.70. The Bertz CT molecular complexity index is 538. The van der Waals surface area contributed by atoms with Crippen LogP contribution in [0.25, 0.3) is 0 Å². The summed E-state index contributed by atoms with van der Waals surface area (Å²) in [6.45, 7) is 4.25. The predicted octanol–water partition coefficient (Wildman–Crippen LogP) is 2.69. The summed E-state index contributed by atoms with van der Waals surface area (Å²) >= 11 is 1.69. The molecule has 2 N–H and O–H groups in total. The molecular formula is C14H20N4S. The maximum absolute atomic E-state index is 6.31. The van der Waals surface area contributed by atoms with E-state index in [0.29, 0.717) is 0 Å². The van der Waals surface area contributed by atoms with Crippen molar-refractivity contribution in [3.8, 4) is 0 Å². The molecule has 0 fully saturated rings. The monoisotopic (exact) mass is 276 g/mol. The average Bonchev–Trinajstić information content (AvgIpc) is 2.81. The van der Waals surface area contributed by atoms with Crippen LogP contribution in [-0.4, -0.2) is 20.8 Å². The van der Waals surface area contributed by atoms with Gasteiger partial charge in [-0.1, -0.05) is 43.0 Å². The molecule has 2 unspecified atom stereocenters. The number of nitrogens with two attached hydrogens (primary N) is 1. The predicted molar refractivity (Wildman–Crippen MR) is 79.0 cm³/mol. The standard InChI is InChI=1S/C14H20N4S/c1-4-12(15)13(11-8-6-5-7-10(11)2)19-14-17-16-9-18(14)3/h5-9,12-13H,4,15H2,1-3H3. The molecule has 0 aliphatic carbocycles. The Labute approximate surface area is 118 Å². The number of thioether (sulfide) groups is 1. The van der Waals surface area contributed by atoms with Crippen LogP contribution in [0, 0.1) is 6.92 Å². The molecule has 5 heteroatoms.